The van der Waals surface area contributed by atoms with E-state index in [9.17, 15) is 9.18 Å². The van der Waals surface area contributed by atoms with Gasteiger partial charge in [-0.1, -0.05) is 6.07 Å². The van der Waals surface area contributed by atoms with Gasteiger partial charge in [-0.05, 0) is 36.6 Å². The predicted molar refractivity (Wildman–Crippen MR) is 103 cm³/mol. The highest BCUT2D eigenvalue weighted by atomic mass is 19.1. The number of amides is 1. The van der Waals surface area contributed by atoms with E-state index in [4.69, 9.17) is 0 Å². The molecule has 0 radical (unpaired) electrons. The zero-order valence-corrected chi connectivity index (χ0v) is 16.0. The molecule has 1 aromatic carbocycles. The highest BCUT2D eigenvalue weighted by Gasteiger charge is 2.17. The van der Waals surface area contributed by atoms with Crippen molar-refractivity contribution in [2.45, 2.75) is 20.3 Å². The first-order valence-corrected chi connectivity index (χ1v) is 9.17. The summed E-state index contributed by atoms with van der Waals surface area (Å²) in [4.78, 5) is 19.8. The zero-order chi connectivity index (χ0) is 18.9. The molecular weight excluding hydrogens is 333 g/mol. The molecule has 1 heterocycles. The summed E-state index contributed by atoms with van der Waals surface area (Å²) in [5.41, 5.74) is 2.11. The van der Waals surface area contributed by atoms with Crippen molar-refractivity contribution in [2.75, 3.05) is 52.9 Å². The number of carbonyl (C=O) groups is 1. The third kappa shape index (κ3) is 6.29. The Bertz CT molecular complexity index is 626. The molecule has 0 aliphatic carbocycles. The molecule has 0 saturated carbocycles. The summed E-state index contributed by atoms with van der Waals surface area (Å²) in [5.74, 6) is 0.733. The van der Waals surface area contributed by atoms with Crippen molar-refractivity contribution >= 4 is 11.9 Å². The topological polar surface area (TPSA) is 60.0 Å². The van der Waals surface area contributed by atoms with Gasteiger partial charge in [-0.25, -0.2) is 4.39 Å². The van der Waals surface area contributed by atoms with Gasteiger partial charge in [0, 0.05) is 59.8 Å². The van der Waals surface area contributed by atoms with Gasteiger partial charge in [0.15, 0.2) is 5.96 Å². The Morgan fingerprint density at radius 3 is 2.50 bits per heavy atom. The normalized spacial score (nSPS) is 15.8. The number of carbonyl (C=O) groups excluding carboxylic acids is 1. The average molecular weight is 363 g/mol. The van der Waals surface area contributed by atoms with Crippen LogP contribution < -0.4 is 10.6 Å². The maximum Gasteiger partial charge on any atom is 0.219 e. The van der Waals surface area contributed by atoms with Crippen molar-refractivity contribution in [3.05, 3.63) is 35.1 Å². The van der Waals surface area contributed by atoms with Crippen LogP contribution in [0.5, 0.6) is 0 Å². The summed E-state index contributed by atoms with van der Waals surface area (Å²) in [6.07, 6.45) is 0.819. The number of hydrogen-bond donors (Lipinski definition) is 2. The SMILES string of the molecule is CN=C(NCCc1ccc(F)cc1C)NCCN1CCN(C(C)=O)CC1. The van der Waals surface area contributed by atoms with E-state index in [2.05, 4.69) is 20.5 Å². The fourth-order valence-electron chi connectivity index (χ4n) is 3.09. The number of nitrogens with zero attached hydrogens (tertiary/aromatic N) is 3. The first-order chi connectivity index (χ1) is 12.5. The standard InChI is InChI=1S/C19H30FN5O/c1-15-14-18(20)5-4-17(15)6-7-22-19(21-3)23-8-9-24-10-12-25(13-11-24)16(2)26/h4-5,14H,6-13H2,1-3H3,(H2,21,22,23). The van der Waals surface area contributed by atoms with Crippen molar-refractivity contribution in [3.63, 3.8) is 0 Å². The highest BCUT2D eigenvalue weighted by molar-refractivity contribution is 5.79. The molecule has 6 nitrogen and oxygen atoms in total. The van der Waals surface area contributed by atoms with Gasteiger partial charge in [-0.3, -0.25) is 14.7 Å². The molecule has 0 bridgehead atoms. The lowest BCUT2D eigenvalue weighted by Gasteiger charge is -2.34. The molecular formula is C19H30FN5O. The minimum absolute atomic E-state index is 0.156. The highest BCUT2D eigenvalue weighted by Crippen LogP contribution is 2.10. The molecule has 0 atom stereocenters. The molecule has 2 N–H and O–H groups in total. The number of benzene rings is 1. The van der Waals surface area contributed by atoms with Crippen LogP contribution in [0.25, 0.3) is 0 Å². The van der Waals surface area contributed by atoms with Crippen molar-refractivity contribution in [3.8, 4) is 0 Å². The lowest BCUT2D eigenvalue weighted by Crippen LogP contribution is -2.50. The molecule has 0 unspecified atom stereocenters. The van der Waals surface area contributed by atoms with Gasteiger partial charge >= 0.3 is 0 Å². The largest absolute Gasteiger partial charge is 0.356 e. The summed E-state index contributed by atoms with van der Waals surface area (Å²) in [7, 11) is 1.75. The first-order valence-electron chi connectivity index (χ1n) is 9.17. The fourth-order valence-corrected chi connectivity index (χ4v) is 3.09. The van der Waals surface area contributed by atoms with E-state index in [1.54, 1.807) is 20.0 Å². The number of nitrogens with one attached hydrogen (secondary N) is 2. The van der Waals surface area contributed by atoms with Crippen molar-refractivity contribution < 1.29 is 9.18 Å². The van der Waals surface area contributed by atoms with Gasteiger partial charge in [0.05, 0.1) is 0 Å². The monoisotopic (exact) mass is 363 g/mol. The minimum Gasteiger partial charge on any atom is -0.356 e. The molecule has 1 fully saturated rings. The number of aryl methyl sites for hydroxylation is 1. The first kappa shape index (κ1) is 20.2. The Morgan fingerprint density at radius 2 is 1.88 bits per heavy atom. The van der Waals surface area contributed by atoms with Crippen molar-refractivity contribution in [1.29, 1.82) is 0 Å². The van der Waals surface area contributed by atoms with Gasteiger partial charge in [0.2, 0.25) is 5.91 Å². The zero-order valence-electron chi connectivity index (χ0n) is 16.0. The number of guanidine groups is 1. The molecule has 1 aromatic rings. The lowest BCUT2D eigenvalue weighted by atomic mass is 10.1. The van der Waals surface area contributed by atoms with Gasteiger partial charge in [-0.2, -0.15) is 0 Å². The maximum absolute atomic E-state index is 13.1. The Labute approximate surface area is 155 Å². The van der Waals surface area contributed by atoms with E-state index >= 15 is 0 Å². The van der Waals surface area contributed by atoms with Gasteiger partial charge in [0.1, 0.15) is 5.82 Å². The van der Waals surface area contributed by atoms with Crippen LogP contribution in [0.4, 0.5) is 4.39 Å². The molecule has 1 amide bonds. The average Bonchev–Trinajstić information content (AvgIpc) is 2.62. The van der Waals surface area contributed by atoms with Crippen LogP contribution in [0, 0.1) is 12.7 Å². The second kappa shape index (κ2) is 10.1. The predicted octanol–water partition coefficient (Wildman–Crippen LogP) is 1.01. The van der Waals surface area contributed by atoms with Crippen LogP contribution in [-0.2, 0) is 11.2 Å². The van der Waals surface area contributed by atoms with Gasteiger partial charge < -0.3 is 15.5 Å². The molecule has 7 heteroatoms. The quantitative estimate of drug-likeness (QED) is 0.585. The lowest BCUT2D eigenvalue weighted by molar-refractivity contribution is -0.130. The molecule has 1 aliphatic heterocycles. The van der Waals surface area contributed by atoms with E-state index < -0.39 is 0 Å². The molecule has 1 aliphatic rings. The second-order valence-corrected chi connectivity index (χ2v) is 6.59. The summed E-state index contributed by atoms with van der Waals surface area (Å²) in [6.45, 7) is 9.45. The third-order valence-electron chi connectivity index (χ3n) is 4.75. The van der Waals surface area contributed by atoms with Crippen molar-refractivity contribution in [2.24, 2.45) is 4.99 Å². The van der Waals surface area contributed by atoms with Crippen LogP contribution in [0.1, 0.15) is 18.1 Å². The van der Waals surface area contributed by atoms with E-state index in [0.717, 1.165) is 69.3 Å². The summed E-state index contributed by atoms with van der Waals surface area (Å²) in [5, 5.41) is 6.61. The minimum atomic E-state index is -0.194. The van der Waals surface area contributed by atoms with Gasteiger partial charge in [-0.15, -0.1) is 0 Å². The fraction of sp³-hybridized carbons (Fsp3) is 0.579. The number of aliphatic imine (C=N–C) groups is 1. The number of piperazine rings is 1. The molecule has 1 saturated heterocycles. The summed E-state index contributed by atoms with van der Waals surface area (Å²) < 4.78 is 13.1. The van der Waals surface area contributed by atoms with Gasteiger partial charge in [0.25, 0.3) is 0 Å². The van der Waals surface area contributed by atoms with E-state index in [1.807, 2.05) is 17.9 Å². The van der Waals surface area contributed by atoms with E-state index in [1.165, 1.54) is 6.07 Å². The molecule has 0 spiro atoms. The van der Waals surface area contributed by atoms with E-state index in [-0.39, 0.29) is 11.7 Å². The molecule has 2 rings (SSSR count). The number of halogens is 1. The van der Waals surface area contributed by atoms with E-state index in [0.29, 0.717) is 0 Å². The van der Waals surface area contributed by atoms with Crippen LogP contribution >= 0.6 is 0 Å². The Hall–Kier alpha value is -2.15. The second-order valence-electron chi connectivity index (χ2n) is 6.59. The maximum atomic E-state index is 13.1. The van der Waals surface area contributed by atoms with Crippen LogP contribution in [-0.4, -0.2) is 74.5 Å². The van der Waals surface area contributed by atoms with Crippen molar-refractivity contribution in [1.82, 2.24) is 20.4 Å². The summed E-state index contributed by atoms with van der Waals surface area (Å²) >= 11 is 0. The summed E-state index contributed by atoms with van der Waals surface area (Å²) in [6, 6.07) is 4.90. The third-order valence-corrected chi connectivity index (χ3v) is 4.75. The number of hydrogen-bond acceptors (Lipinski definition) is 3. The molecule has 26 heavy (non-hydrogen) atoms. The van der Waals surface area contributed by atoms with Crippen LogP contribution in [0.2, 0.25) is 0 Å². The molecule has 144 valence electrons. The Morgan fingerprint density at radius 1 is 1.19 bits per heavy atom. The smallest absolute Gasteiger partial charge is 0.219 e. The van der Waals surface area contributed by atoms with Crippen LogP contribution in [0.15, 0.2) is 23.2 Å². The molecule has 0 aromatic heterocycles. The Balaban J connectivity index is 1.64. The van der Waals surface area contributed by atoms with Crippen LogP contribution in [0.3, 0.4) is 0 Å². The number of rotatable bonds is 6. The Kier molecular flexibility index (Phi) is 7.84.